The summed E-state index contributed by atoms with van der Waals surface area (Å²) in [5.74, 6) is 0.628. The molecular formula is C17H23NO. The molecule has 0 atom stereocenters. The highest BCUT2D eigenvalue weighted by molar-refractivity contribution is 5.81. The van der Waals surface area contributed by atoms with Gasteiger partial charge in [0.25, 0.3) is 0 Å². The molecule has 0 unspecified atom stereocenters. The molecule has 0 spiro atoms. The van der Waals surface area contributed by atoms with E-state index in [2.05, 4.69) is 39.0 Å². The first-order chi connectivity index (χ1) is 9.08. The Bertz CT molecular complexity index is 457. The first-order valence-electron chi connectivity index (χ1n) is 7.10. The summed E-state index contributed by atoms with van der Waals surface area (Å²) in [6, 6.07) is 10.5. The number of benzene rings is 1. The van der Waals surface area contributed by atoms with Gasteiger partial charge in [0.1, 0.15) is 0 Å². The fourth-order valence-corrected chi connectivity index (χ4v) is 2.23. The average Bonchev–Trinajstić information content (AvgIpc) is 3.20. The Morgan fingerprint density at radius 3 is 2.47 bits per heavy atom. The summed E-state index contributed by atoms with van der Waals surface area (Å²) in [7, 11) is 0. The van der Waals surface area contributed by atoms with E-state index in [1.165, 1.54) is 11.1 Å². The van der Waals surface area contributed by atoms with Crippen LogP contribution in [0.4, 0.5) is 0 Å². The lowest BCUT2D eigenvalue weighted by atomic mass is 10.1. The molecule has 1 fully saturated rings. The van der Waals surface area contributed by atoms with E-state index in [1.807, 2.05) is 23.1 Å². The van der Waals surface area contributed by atoms with E-state index in [1.54, 1.807) is 0 Å². The Kier molecular flexibility index (Phi) is 4.41. The minimum atomic E-state index is 0.271. The van der Waals surface area contributed by atoms with E-state index in [0.29, 0.717) is 11.8 Å². The number of carbonyl (C=O) groups excluding carboxylic acids is 1. The van der Waals surface area contributed by atoms with Gasteiger partial charge in [-0.05, 0) is 39.2 Å². The quantitative estimate of drug-likeness (QED) is 0.787. The summed E-state index contributed by atoms with van der Waals surface area (Å²) in [6.45, 7) is 7.02. The van der Waals surface area contributed by atoms with Gasteiger partial charge in [0.15, 0.2) is 0 Å². The number of nitrogens with zero attached hydrogens (tertiary/aromatic N) is 1. The number of carbonyl (C=O) groups is 1. The molecule has 0 aliphatic heterocycles. The lowest BCUT2D eigenvalue weighted by Crippen LogP contribution is -2.39. The average molecular weight is 257 g/mol. The molecule has 1 saturated carbocycles. The van der Waals surface area contributed by atoms with Crippen LogP contribution in [0.3, 0.4) is 0 Å². The van der Waals surface area contributed by atoms with Crippen molar-refractivity contribution >= 4 is 12.0 Å². The fourth-order valence-electron chi connectivity index (χ4n) is 2.23. The highest BCUT2D eigenvalue weighted by Crippen LogP contribution is 2.31. The lowest BCUT2D eigenvalue weighted by Gasteiger charge is -2.27. The van der Waals surface area contributed by atoms with Gasteiger partial charge in [-0.1, -0.05) is 42.0 Å². The second kappa shape index (κ2) is 6.05. The van der Waals surface area contributed by atoms with Gasteiger partial charge < -0.3 is 4.90 Å². The summed E-state index contributed by atoms with van der Waals surface area (Å²) in [5.41, 5.74) is 2.43. The maximum Gasteiger partial charge on any atom is 0.226 e. The van der Waals surface area contributed by atoms with Gasteiger partial charge in [0.05, 0.1) is 0 Å². The largest absolute Gasteiger partial charge is 0.336 e. The minimum absolute atomic E-state index is 0.271. The zero-order valence-corrected chi connectivity index (χ0v) is 12.1. The van der Waals surface area contributed by atoms with E-state index >= 15 is 0 Å². The normalized spacial score (nSPS) is 15.7. The molecule has 0 bridgehead atoms. The number of hydrogen-bond donors (Lipinski definition) is 0. The number of amides is 1. The third-order valence-electron chi connectivity index (χ3n) is 3.47. The van der Waals surface area contributed by atoms with Gasteiger partial charge in [0, 0.05) is 18.5 Å². The minimum Gasteiger partial charge on any atom is -0.336 e. The van der Waals surface area contributed by atoms with Crippen LogP contribution >= 0.6 is 0 Å². The van der Waals surface area contributed by atoms with Crippen LogP contribution in [0.1, 0.15) is 39.2 Å². The highest BCUT2D eigenvalue weighted by Gasteiger charge is 2.34. The van der Waals surface area contributed by atoms with Crippen molar-refractivity contribution in [3.63, 3.8) is 0 Å². The van der Waals surface area contributed by atoms with Crippen LogP contribution in [-0.4, -0.2) is 23.4 Å². The third kappa shape index (κ3) is 3.95. The first kappa shape index (κ1) is 13.9. The Hall–Kier alpha value is -1.57. The molecule has 0 N–H and O–H groups in total. The van der Waals surface area contributed by atoms with Gasteiger partial charge in [-0.2, -0.15) is 0 Å². The second-order valence-electron chi connectivity index (χ2n) is 5.74. The van der Waals surface area contributed by atoms with Crippen LogP contribution in [0.5, 0.6) is 0 Å². The molecule has 0 aromatic heterocycles. The summed E-state index contributed by atoms with van der Waals surface area (Å²) in [6.07, 6.45) is 4.31. The predicted octanol–water partition coefficient (Wildman–Crippen LogP) is 3.74. The standard InChI is InChI=1S/C17H23NO/c1-13(2)18(17(19)16-9-10-16)12-14(3)11-15-7-5-4-6-8-15/h4-8,11,13,16H,9-10,12H2,1-3H3/b14-11-. The van der Waals surface area contributed by atoms with Crippen molar-refractivity contribution in [3.05, 3.63) is 41.5 Å². The number of hydrogen-bond acceptors (Lipinski definition) is 1. The monoisotopic (exact) mass is 257 g/mol. The van der Waals surface area contributed by atoms with Crippen molar-refractivity contribution in [1.82, 2.24) is 4.90 Å². The molecule has 0 radical (unpaired) electrons. The Morgan fingerprint density at radius 1 is 1.32 bits per heavy atom. The molecule has 0 heterocycles. The van der Waals surface area contributed by atoms with Crippen molar-refractivity contribution in [3.8, 4) is 0 Å². The van der Waals surface area contributed by atoms with Crippen LogP contribution in [0, 0.1) is 5.92 Å². The van der Waals surface area contributed by atoms with Gasteiger partial charge >= 0.3 is 0 Å². The lowest BCUT2D eigenvalue weighted by molar-refractivity contribution is -0.133. The molecule has 2 nitrogen and oxygen atoms in total. The van der Waals surface area contributed by atoms with Crippen molar-refractivity contribution in [2.75, 3.05) is 6.54 Å². The Morgan fingerprint density at radius 2 is 1.95 bits per heavy atom. The highest BCUT2D eigenvalue weighted by atomic mass is 16.2. The van der Waals surface area contributed by atoms with Crippen LogP contribution in [0.15, 0.2) is 35.9 Å². The molecule has 1 aromatic carbocycles. The maximum absolute atomic E-state index is 12.2. The van der Waals surface area contributed by atoms with Crippen molar-refractivity contribution in [1.29, 1.82) is 0 Å². The van der Waals surface area contributed by atoms with Gasteiger partial charge in [-0.15, -0.1) is 0 Å². The summed E-state index contributed by atoms with van der Waals surface area (Å²) in [5, 5.41) is 0. The SMILES string of the molecule is C/C(=C/c1ccccc1)CN(C(=O)C1CC1)C(C)C. The maximum atomic E-state index is 12.2. The van der Waals surface area contributed by atoms with Crippen molar-refractivity contribution in [2.45, 2.75) is 39.7 Å². The van der Waals surface area contributed by atoms with Crippen molar-refractivity contribution < 1.29 is 4.79 Å². The zero-order chi connectivity index (χ0) is 13.8. The van der Waals surface area contributed by atoms with E-state index in [4.69, 9.17) is 0 Å². The molecule has 1 amide bonds. The molecule has 1 aliphatic carbocycles. The predicted molar refractivity (Wildman–Crippen MR) is 79.7 cm³/mol. The zero-order valence-electron chi connectivity index (χ0n) is 12.1. The molecular weight excluding hydrogens is 234 g/mol. The van der Waals surface area contributed by atoms with Crippen LogP contribution in [0.25, 0.3) is 6.08 Å². The van der Waals surface area contributed by atoms with Crippen molar-refractivity contribution in [2.24, 2.45) is 5.92 Å². The van der Waals surface area contributed by atoms with E-state index in [9.17, 15) is 4.79 Å². The summed E-state index contributed by atoms with van der Waals surface area (Å²) >= 11 is 0. The van der Waals surface area contributed by atoms with E-state index in [-0.39, 0.29) is 6.04 Å². The molecule has 2 heteroatoms. The first-order valence-corrected chi connectivity index (χ1v) is 7.10. The van der Waals surface area contributed by atoms with Crippen LogP contribution in [0.2, 0.25) is 0 Å². The Balaban J connectivity index is 2.04. The second-order valence-corrected chi connectivity index (χ2v) is 5.74. The molecule has 0 saturated heterocycles. The summed E-state index contributed by atoms with van der Waals surface area (Å²) in [4.78, 5) is 14.2. The van der Waals surface area contributed by atoms with E-state index < -0.39 is 0 Å². The van der Waals surface area contributed by atoms with Crippen LogP contribution in [-0.2, 0) is 4.79 Å². The molecule has 102 valence electrons. The van der Waals surface area contributed by atoms with Gasteiger partial charge in [-0.25, -0.2) is 0 Å². The molecule has 1 aromatic rings. The topological polar surface area (TPSA) is 20.3 Å². The molecule has 19 heavy (non-hydrogen) atoms. The van der Waals surface area contributed by atoms with E-state index in [0.717, 1.165) is 19.4 Å². The fraction of sp³-hybridized carbons (Fsp3) is 0.471. The smallest absolute Gasteiger partial charge is 0.226 e. The molecule has 1 aliphatic rings. The summed E-state index contributed by atoms with van der Waals surface area (Å²) < 4.78 is 0. The third-order valence-corrected chi connectivity index (χ3v) is 3.47. The van der Waals surface area contributed by atoms with Gasteiger partial charge in [-0.3, -0.25) is 4.79 Å². The van der Waals surface area contributed by atoms with Crippen LogP contribution < -0.4 is 0 Å². The number of rotatable bonds is 5. The Labute approximate surface area is 116 Å². The van der Waals surface area contributed by atoms with Gasteiger partial charge in [0.2, 0.25) is 5.91 Å². The molecule has 2 rings (SSSR count).